The van der Waals surface area contributed by atoms with Crippen LogP contribution in [0.15, 0.2) is 30.3 Å². The van der Waals surface area contributed by atoms with Crippen molar-refractivity contribution < 1.29 is 9.18 Å². The Kier molecular flexibility index (Phi) is 4.13. The van der Waals surface area contributed by atoms with Crippen molar-refractivity contribution in [2.24, 2.45) is 0 Å². The summed E-state index contributed by atoms with van der Waals surface area (Å²) in [5.74, 6) is 1.18. The molecule has 1 saturated heterocycles. The highest BCUT2D eigenvalue weighted by Gasteiger charge is 2.55. The fourth-order valence-corrected chi connectivity index (χ4v) is 4.05. The molecule has 6 heteroatoms. The first-order valence-corrected chi connectivity index (χ1v) is 9.14. The molecule has 0 radical (unpaired) electrons. The van der Waals surface area contributed by atoms with Gasteiger partial charge in [0.15, 0.2) is 0 Å². The Bertz CT molecular complexity index is 849. The van der Waals surface area contributed by atoms with E-state index in [0.717, 1.165) is 24.4 Å². The average molecular weight is 354 g/mol. The number of carbonyl (C=O) groups is 1. The summed E-state index contributed by atoms with van der Waals surface area (Å²) in [6.07, 6.45) is 3.22. The van der Waals surface area contributed by atoms with Crippen LogP contribution >= 0.6 is 0 Å². The maximum absolute atomic E-state index is 14.3. The first-order valence-electron chi connectivity index (χ1n) is 9.14. The van der Waals surface area contributed by atoms with E-state index in [1.165, 1.54) is 6.07 Å². The maximum Gasteiger partial charge on any atom is 0.233 e. The Labute approximate surface area is 152 Å². The highest BCUT2D eigenvalue weighted by molar-refractivity contribution is 5.92. The molecule has 5 nitrogen and oxygen atoms in total. The number of amides is 1. The molecule has 2 heterocycles. The van der Waals surface area contributed by atoms with E-state index in [4.69, 9.17) is 0 Å². The molecular weight excluding hydrogens is 331 g/mol. The summed E-state index contributed by atoms with van der Waals surface area (Å²) in [4.78, 5) is 24.2. The lowest BCUT2D eigenvalue weighted by Gasteiger charge is -2.29. The van der Waals surface area contributed by atoms with Crippen molar-refractivity contribution in [1.82, 2.24) is 14.9 Å². The van der Waals surface area contributed by atoms with Gasteiger partial charge in [0.1, 0.15) is 17.5 Å². The van der Waals surface area contributed by atoms with Gasteiger partial charge < -0.3 is 10.2 Å². The lowest BCUT2D eigenvalue weighted by atomic mass is 9.93. The summed E-state index contributed by atoms with van der Waals surface area (Å²) in [7, 11) is 1.82. The van der Waals surface area contributed by atoms with Gasteiger partial charge in [-0.05, 0) is 38.7 Å². The molecule has 4 rings (SSSR count). The summed E-state index contributed by atoms with van der Waals surface area (Å²) in [5, 5.41) is 3.05. The largest absolute Gasteiger partial charge is 0.373 e. The van der Waals surface area contributed by atoms with Gasteiger partial charge in [-0.25, -0.2) is 14.4 Å². The average Bonchev–Trinajstić information content (AvgIpc) is 3.29. The molecule has 1 aromatic heterocycles. The summed E-state index contributed by atoms with van der Waals surface area (Å²) in [5.41, 5.74) is 0.699. The van der Waals surface area contributed by atoms with E-state index < -0.39 is 5.41 Å². The Morgan fingerprint density at radius 1 is 1.31 bits per heavy atom. The second-order valence-electron chi connectivity index (χ2n) is 7.19. The predicted molar refractivity (Wildman–Crippen MR) is 97.3 cm³/mol. The number of nitrogens with one attached hydrogen (secondary N) is 1. The summed E-state index contributed by atoms with van der Waals surface area (Å²) in [6.45, 7) is 2.55. The highest BCUT2D eigenvalue weighted by Crippen LogP contribution is 2.52. The van der Waals surface area contributed by atoms with Crippen LogP contribution in [0.3, 0.4) is 0 Å². The fraction of sp³-hybridized carbons (Fsp3) is 0.450. The minimum atomic E-state index is -0.693. The molecule has 1 saturated carbocycles. The number of nitrogens with zero attached hydrogens (tertiary/aromatic N) is 3. The number of rotatable bonds is 4. The molecule has 2 aromatic rings. The molecule has 2 fully saturated rings. The molecular formula is C20H23FN4O. The monoisotopic (exact) mass is 354 g/mol. The van der Waals surface area contributed by atoms with E-state index >= 15 is 0 Å². The smallest absolute Gasteiger partial charge is 0.233 e. The van der Waals surface area contributed by atoms with E-state index in [0.29, 0.717) is 30.8 Å². The van der Waals surface area contributed by atoms with Crippen LogP contribution in [-0.4, -0.2) is 34.4 Å². The summed E-state index contributed by atoms with van der Waals surface area (Å²) >= 11 is 0. The number of hydrogen-bond donors (Lipinski definition) is 1. The van der Waals surface area contributed by atoms with Crippen LogP contribution in [0.1, 0.15) is 48.8 Å². The second kappa shape index (κ2) is 6.34. The SMILES string of the molecule is CNc1cc(C2CCCN2C(=O)C2(c3ccccc3F)CC2)nc(C)n1. The van der Waals surface area contributed by atoms with Crippen molar-refractivity contribution in [3.63, 3.8) is 0 Å². The van der Waals surface area contributed by atoms with Crippen molar-refractivity contribution in [1.29, 1.82) is 0 Å². The molecule has 1 amide bonds. The predicted octanol–water partition coefficient (Wildman–Crippen LogP) is 3.36. The minimum Gasteiger partial charge on any atom is -0.373 e. The summed E-state index contributed by atoms with van der Waals surface area (Å²) in [6, 6.07) is 8.50. The van der Waals surface area contributed by atoms with E-state index in [1.54, 1.807) is 18.2 Å². The van der Waals surface area contributed by atoms with Gasteiger partial charge in [-0.2, -0.15) is 0 Å². The highest BCUT2D eigenvalue weighted by atomic mass is 19.1. The molecule has 26 heavy (non-hydrogen) atoms. The van der Waals surface area contributed by atoms with E-state index in [2.05, 4.69) is 15.3 Å². The lowest BCUT2D eigenvalue weighted by molar-refractivity contribution is -0.135. The van der Waals surface area contributed by atoms with Gasteiger partial charge in [0.25, 0.3) is 0 Å². The van der Waals surface area contributed by atoms with Crippen LogP contribution < -0.4 is 5.32 Å². The number of anilines is 1. The van der Waals surface area contributed by atoms with E-state index in [-0.39, 0.29) is 17.8 Å². The van der Waals surface area contributed by atoms with Gasteiger partial charge in [0.05, 0.1) is 17.2 Å². The Balaban J connectivity index is 1.66. The zero-order valence-corrected chi connectivity index (χ0v) is 15.1. The lowest BCUT2D eigenvalue weighted by Crippen LogP contribution is -2.39. The van der Waals surface area contributed by atoms with Crippen LogP contribution in [0.25, 0.3) is 0 Å². The van der Waals surface area contributed by atoms with Crippen LogP contribution in [0, 0.1) is 12.7 Å². The molecule has 1 atom stereocenters. The van der Waals surface area contributed by atoms with Gasteiger partial charge in [-0.3, -0.25) is 4.79 Å². The third-order valence-corrected chi connectivity index (χ3v) is 5.52. The van der Waals surface area contributed by atoms with Gasteiger partial charge in [-0.15, -0.1) is 0 Å². The number of aryl methyl sites for hydroxylation is 1. The van der Waals surface area contributed by atoms with Crippen molar-refractivity contribution >= 4 is 11.7 Å². The van der Waals surface area contributed by atoms with Crippen molar-refractivity contribution in [2.75, 3.05) is 18.9 Å². The van der Waals surface area contributed by atoms with Gasteiger partial charge in [0, 0.05) is 25.2 Å². The van der Waals surface area contributed by atoms with Gasteiger partial charge in [-0.1, -0.05) is 18.2 Å². The third kappa shape index (κ3) is 2.73. The quantitative estimate of drug-likeness (QED) is 0.915. The Morgan fingerprint density at radius 3 is 2.77 bits per heavy atom. The van der Waals surface area contributed by atoms with Crippen LogP contribution in [-0.2, 0) is 10.2 Å². The van der Waals surface area contributed by atoms with Crippen LogP contribution in [0.4, 0.5) is 10.2 Å². The van der Waals surface area contributed by atoms with Crippen LogP contribution in [0.2, 0.25) is 0 Å². The maximum atomic E-state index is 14.3. The van der Waals surface area contributed by atoms with Crippen molar-refractivity contribution in [3.8, 4) is 0 Å². The number of hydrogen-bond acceptors (Lipinski definition) is 4. The van der Waals surface area contributed by atoms with Crippen LogP contribution in [0.5, 0.6) is 0 Å². The van der Waals surface area contributed by atoms with Crippen molar-refractivity contribution in [2.45, 2.75) is 44.1 Å². The number of halogens is 1. The molecule has 0 spiro atoms. The number of likely N-dealkylation sites (tertiary alicyclic amines) is 1. The number of aromatic nitrogens is 2. The zero-order chi connectivity index (χ0) is 18.3. The molecule has 1 aromatic carbocycles. The third-order valence-electron chi connectivity index (χ3n) is 5.52. The normalized spacial score (nSPS) is 20.9. The molecule has 136 valence electrons. The number of benzene rings is 1. The van der Waals surface area contributed by atoms with E-state index in [9.17, 15) is 9.18 Å². The Hall–Kier alpha value is -2.50. The first-order chi connectivity index (χ1) is 12.5. The Morgan fingerprint density at radius 2 is 2.08 bits per heavy atom. The molecule has 2 aliphatic rings. The molecule has 1 unspecified atom stereocenters. The fourth-order valence-electron chi connectivity index (χ4n) is 4.05. The topological polar surface area (TPSA) is 58.1 Å². The zero-order valence-electron chi connectivity index (χ0n) is 15.1. The summed E-state index contributed by atoms with van der Waals surface area (Å²) < 4.78 is 14.3. The van der Waals surface area contributed by atoms with Gasteiger partial charge >= 0.3 is 0 Å². The molecule has 1 N–H and O–H groups in total. The van der Waals surface area contributed by atoms with Gasteiger partial charge in [0.2, 0.25) is 5.91 Å². The minimum absolute atomic E-state index is 0.0346. The van der Waals surface area contributed by atoms with Crippen molar-refractivity contribution in [3.05, 3.63) is 53.2 Å². The molecule has 1 aliphatic heterocycles. The standard InChI is InChI=1S/C20H23FN4O/c1-13-23-16(12-18(22-2)24-13)17-8-5-11-25(17)19(26)20(9-10-20)14-6-3-4-7-15(14)21/h3-4,6-7,12,17H,5,8-11H2,1-2H3,(H,22,23,24). The second-order valence-corrected chi connectivity index (χ2v) is 7.19. The molecule has 1 aliphatic carbocycles. The first kappa shape index (κ1) is 16.9. The molecule has 0 bridgehead atoms. The van der Waals surface area contributed by atoms with E-state index in [1.807, 2.05) is 24.9 Å². The number of carbonyl (C=O) groups excluding carboxylic acids is 1.